The number of nitrogens with zero attached hydrogens (tertiary/aromatic N) is 3. The molecule has 1 fully saturated rings. The van der Waals surface area contributed by atoms with Gasteiger partial charge in [0.15, 0.2) is 0 Å². The molecule has 1 aliphatic heterocycles. The van der Waals surface area contributed by atoms with Gasteiger partial charge in [-0.1, -0.05) is 6.92 Å². The van der Waals surface area contributed by atoms with Crippen LogP contribution in [0.1, 0.15) is 39.3 Å². The van der Waals surface area contributed by atoms with Gasteiger partial charge in [0.1, 0.15) is 5.82 Å². The third-order valence-corrected chi connectivity index (χ3v) is 4.56. The fourth-order valence-corrected chi connectivity index (χ4v) is 3.15. The van der Waals surface area contributed by atoms with Crippen molar-refractivity contribution in [3.05, 3.63) is 36.0 Å². The smallest absolute Gasteiger partial charge is 0.229 e. The summed E-state index contributed by atoms with van der Waals surface area (Å²) in [5, 5.41) is 6.64. The Morgan fingerprint density at radius 2 is 1.76 bits per heavy atom. The standard InChI is InChI=1S/C20H29N5/c1-14(2)21-19-13-16(4)22-20(24-19)23-17-5-7-18(8-6-17)25-11-9-15(3)10-12-25/h5-8,13-15H,9-12H2,1-4H3,(H2,21,22,23,24). The Kier molecular flexibility index (Phi) is 5.41. The lowest BCUT2D eigenvalue weighted by atomic mass is 9.99. The fourth-order valence-electron chi connectivity index (χ4n) is 3.15. The second-order valence-corrected chi connectivity index (χ2v) is 7.36. The number of benzene rings is 1. The molecule has 0 unspecified atom stereocenters. The zero-order valence-corrected chi connectivity index (χ0v) is 15.7. The molecule has 0 spiro atoms. The van der Waals surface area contributed by atoms with Gasteiger partial charge in [-0.2, -0.15) is 4.98 Å². The first kappa shape index (κ1) is 17.5. The third-order valence-electron chi connectivity index (χ3n) is 4.56. The molecule has 1 aromatic heterocycles. The van der Waals surface area contributed by atoms with Crippen molar-refractivity contribution in [2.45, 2.75) is 46.6 Å². The molecule has 0 bridgehead atoms. The van der Waals surface area contributed by atoms with Gasteiger partial charge in [0.05, 0.1) is 0 Å². The van der Waals surface area contributed by atoms with Crippen LogP contribution >= 0.6 is 0 Å². The number of aromatic nitrogens is 2. The molecule has 2 N–H and O–H groups in total. The highest BCUT2D eigenvalue weighted by Gasteiger charge is 2.15. The molecule has 1 aromatic carbocycles. The average molecular weight is 339 g/mol. The lowest BCUT2D eigenvalue weighted by molar-refractivity contribution is 0.438. The number of hydrogen-bond acceptors (Lipinski definition) is 5. The van der Waals surface area contributed by atoms with Crippen molar-refractivity contribution in [3.8, 4) is 0 Å². The van der Waals surface area contributed by atoms with Crippen LogP contribution in [-0.2, 0) is 0 Å². The summed E-state index contributed by atoms with van der Waals surface area (Å²) in [6, 6.07) is 10.9. The number of hydrogen-bond donors (Lipinski definition) is 2. The van der Waals surface area contributed by atoms with Gasteiger partial charge in [-0.15, -0.1) is 0 Å². The minimum Gasteiger partial charge on any atom is -0.372 e. The van der Waals surface area contributed by atoms with Gasteiger partial charge in [0, 0.05) is 42.3 Å². The average Bonchev–Trinajstić information content (AvgIpc) is 2.55. The van der Waals surface area contributed by atoms with Crippen LogP contribution in [-0.4, -0.2) is 29.1 Å². The molecule has 0 amide bonds. The fraction of sp³-hybridized carbons (Fsp3) is 0.500. The molecule has 5 nitrogen and oxygen atoms in total. The lowest BCUT2D eigenvalue weighted by Gasteiger charge is -2.32. The third kappa shape index (κ3) is 4.84. The van der Waals surface area contributed by atoms with Crippen LogP contribution < -0.4 is 15.5 Å². The maximum atomic E-state index is 4.55. The first-order valence-corrected chi connectivity index (χ1v) is 9.24. The van der Waals surface area contributed by atoms with Crippen molar-refractivity contribution in [2.24, 2.45) is 5.92 Å². The molecule has 0 atom stereocenters. The minimum absolute atomic E-state index is 0.341. The normalized spacial score (nSPS) is 15.5. The van der Waals surface area contributed by atoms with E-state index in [0.29, 0.717) is 12.0 Å². The SMILES string of the molecule is Cc1cc(NC(C)C)nc(Nc2ccc(N3CCC(C)CC3)cc2)n1. The predicted molar refractivity (Wildman–Crippen MR) is 106 cm³/mol. The Morgan fingerprint density at radius 1 is 1.08 bits per heavy atom. The zero-order chi connectivity index (χ0) is 17.8. The molecule has 1 saturated heterocycles. The van der Waals surface area contributed by atoms with E-state index in [1.54, 1.807) is 0 Å². The molecule has 25 heavy (non-hydrogen) atoms. The van der Waals surface area contributed by atoms with E-state index in [0.717, 1.165) is 36.2 Å². The molecular formula is C20H29N5. The second-order valence-electron chi connectivity index (χ2n) is 7.36. The van der Waals surface area contributed by atoms with Crippen LogP contribution in [0.5, 0.6) is 0 Å². The number of anilines is 4. The number of nitrogens with one attached hydrogen (secondary N) is 2. The molecule has 2 heterocycles. The van der Waals surface area contributed by atoms with Crippen molar-refractivity contribution >= 4 is 23.1 Å². The Morgan fingerprint density at radius 3 is 2.40 bits per heavy atom. The van der Waals surface area contributed by atoms with Gasteiger partial charge >= 0.3 is 0 Å². The van der Waals surface area contributed by atoms with Crippen molar-refractivity contribution < 1.29 is 0 Å². The van der Waals surface area contributed by atoms with Crippen molar-refractivity contribution in [2.75, 3.05) is 28.6 Å². The van der Waals surface area contributed by atoms with Gasteiger partial charge in [-0.3, -0.25) is 0 Å². The monoisotopic (exact) mass is 339 g/mol. The summed E-state index contributed by atoms with van der Waals surface area (Å²) in [6.45, 7) is 10.8. The molecule has 134 valence electrons. The van der Waals surface area contributed by atoms with Crippen LogP contribution in [0.3, 0.4) is 0 Å². The highest BCUT2D eigenvalue weighted by atomic mass is 15.2. The van der Waals surface area contributed by atoms with Crippen LogP contribution in [0.2, 0.25) is 0 Å². The van der Waals surface area contributed by atoms with Gasteiger partial charge < -0.3 is 15.5 Å². The Bertz CT molecular complexity index is 688. The highest BCUT2D eigenvalue weighted by molar-refractivity contribution is 5.60. The number of rotatable bonds is 5. The van der Waals surface area contributed by atoms with Crippen molar-refractivity contribution in [1.29, 1.82) is 0 Å². The van der Waals surface area contributed by atoms with E-state index in [4.69, 9.17) is 0 Å². The maximum absolute atomic E-state index is 4.55. The second kappa shape index (κ2) is 7.72. The van der Waals surface area contributed by atoms with Crippen molar-refractivity contribution in [3.63, 3.8) is 0 Å². The minimum atomic E-state index is 0.341. The number of piperidine rings is 1. The molecule has 2 aromatic rings. The summed E-state index contributed by atoms with van der Waals surface area (Å²) in [6.07, 6.45) is 2.56. The zero-order valence-electron chi connectivity index (χ0n) is 15.7. The van der Waals surface area contributed by atoms with E-state index in [1.165, 1.54) is 18.5 Å². The van der Waals surface area contributed by atoms with E-state index in [9.17, 15) is 0 Å². The van der Waals surface area contributed by atoms with Crippen molar-refractivity contribution in [1.82, 2.24) is 9.97 Å². The van der Waals surface area contributed by atoms with E-state index in [2.05, 4.69) is 70.5 Å². The largest absolute Gasteiger partial charge is 0.372 e. The first-order valence-electron chi connectivity index (χ1n) is 9.24. The molecule has 5 heteroatoms. The molecule has 0 aliphatic carbocycles. The van der Waals surface area contributed by atoms with Crippen LogP contribution in [0, 0.1) is 12.8 Å². The molecule has 0 radical (unpaired) electrons. The summed E-state index contributed by atoms with van der Waals surface area (Å²) >= 11 is 0. The van der Waals surface area contributed by atoms with Gasteiger partial charge in [0.25, 0.3) is 0 Å². The lowest BCUT2D eigenvalue weighted by Crippen LogP contribution is -2.32. The molecule has 3 rings (SSSR count). The van der Waals surface area contributed by atoms with E-state index >= 15 is 0 Å². The van der Waals surface area contributed by atoms with Gasteiger partial charge in [0.2, 0.25) is 5.95 Å². The predicted octanol–water partition coefficient (Wildman–Crippen LogP) is 4.59. The summed E-state index contributed by atoms with van der Waals surface area (Å²) in [5.74, 6) is 2.33. The summed E-state index contributed by atoms with van der Waals surface area (Å²) in [4.78, 5) is 11.5. The summed E-state index contributed by atoms with van der Waals surface area (Å²) in [7, 11) is 0. The number of aryl methyl sites for hydroxylation is 1. The van der Waals surface area contributed by atoms with E-state index in [-0.39, 0.29) is 0 Å². The quantitative estimate of drug-likeness (QED) is 0.835. The van der Waals surface area contributed by atoms with E-state index in [1.807, 2.05) is 13.0 Å². The Balaban J connectivity index is 1.68. The highest BCUT2D eigenvalue weighted by Crippen LogP contribution is 2.25. The van der Waals surface area contributed by atoms with Crippen LogP contribution in [0.4, 0.5) is 23.1 Å². The molecular weight excluding hydrogens is 310 g/mol. The van der Waals surface area contributed by atoms with Gasteiger partial charge in [-0.25, -0.2) is 4.98 Å². The molecule has 1 aliphatic rings. The maximum Gasteiger partial charge on any atom is 0.229 e. The topological polar surface area (TPSA) is 53.1 Å². The van der Waals surface area contributed by atoms with Crippen LogP contribution in [0.25, 0.3) is 0 Å². The molecule has 0 saturated carbocycles. The first-order chi connectivity index (χ1) is 12.0. The van der Waals surface area contributed by atoms with Gasteiger partial charge in [-0.05, 0) is 63.8 Å². The van der Waals surface area contributed by atoms with Crippen LogP contribution in [0.15, 0.2) is 30.3 Å². The summed E-state index contributed by atoms with van der Waals surface area (Å²) in [5.41, 5.74) is 3.25. The Hall–Kier alpha value is -2.30. The van der Waals surface area contributed by atoms with E-state index < -0.39 is 0 Å². The Labute approximate surface area is 150 Å². The summed E-state index contributed by atoms with van der Waals surface area (Å²) < 4.78 is 0.